The third-order valence-electron chi connectivity index (χ3n) is 2.62. The van der Waals surface area contributed by atoms with Gasteiger partial charge in [0.15, 0.2) is 9.84 Å². The van der Waals surface area contributed by atoms with E-state index in [0.717, 1.165) is 16.9 Å². The minimum atomic E-state index is -3.06. The van der Waals surface area contributed by atoms with E-state index in [1.807, 2.05) is 0 Å². The molecule has 106 valence electrons. The number of sulfone groups is 1. The summed E-state index contributed by atoms with van der Waals surface area (Å²) in [6.07, 6.45) is 1.18. The molecule has 0 aliphatic heterocycles. The third-order valence-corrected chi connectivity index (χ3v) is 4.67. The van der Waals surface area contributed by atoms with Crippen LogP contribution in [0.25, 0.3) is 10.6 Å². The largest absolute Gasteiger partial charge is 0.477 e. The molecule has 1 aromatic carbocycles. The summed E-state index contributed by atoms with van der Waals surface area (Å²) in [5.41, 5.74) is 1.96. The standard InChI is InChI=1S/C13H13NO4S2/c1-8-11(13(15)16)19-12(14-8)10-5-3-9(4-6-10)7-20(2,17)18/h3-6H,7H2,1-2H3,(H,15,16). The van der Waals surface area contributed by atoms with E-state index in [-0.39, 0.29) is 10.6 Å². The van der Waals surface area contributed by atoms with Gasteiger partial charge < -0.3 is 5.11 Å². The lowest BCUT2D eigenvalue weighted by atomic mass is 10.2. The maximum absolute atomic E-state index is 11.2. The van der Waals surface area contributed by atoms with E-state index >= 15 is 0 Å². The highest BCUT2D eigenvalue weighted by atomic mass is 32.2. The first kappa shape index (κ1) is 14.7. The SMILES string of the molecule is Cc1nc(-c2ccc(CS(C)(=O)=O)cc2)sc1C(=O)O. The van der Waals surface area contributed by atoms with Gasteiger partial charge in [-0.25, -0.2) is 18.2 Å². The van der Waals surface area contributed by atoms with Crippen molar-refractivity contribution in [2.75, 3.05) is 6.26 Å². The Bertz CT molecular complexity index is 745. The van der Waals surface area contributed by atoms with E-state index < -0.39 is 15.8 Å². The molecule has 0 bridgehead atoms. The third kappa shape index (κ3) is 3.43. The normalized spacial score (nSPS) is 11.5. The van der Waals surface area contributed by atoms with Crippen molar-refractivity contribution >= 4 is 27.1 Å². The summed E-state index contributed by atoms with van der Waals surface area (Å²) < 4.78 is 22.4. The van der Waals surface area contributed by atoms with E-state index in [1.165, 1.54) is 6.26 Å². The van der Waals surface area contributed by atoms with Gasteiger partial charge >= 0.3 is 5.97 Å². The number of benzene rings is 1. The summed E-state index contributed by atoms with van der Waals surface area (Å²) in [7, 11) is -3.06. The smallest absolute Gasteiger partial charge is 0.347 e. The molecule has 2 aromatic rings. The predicted octanol–water partition coefficient (Wildman–Crippen LogP) is 2.36. The van der Waals surface area contributed by atoms with Gasteiger partial charge in [-0.15, -0.1) is 11.3 Å². The summed E-state index contributed by atoms with van der Waals surface area (Å²) >= 11 is 1.11. The van der Waals surface area contributed by atoms with Crippen LogP contribution in [-0.4, -0.2) is 30.7 Å². The van der Waals surface area contributed by atoms with E-state index in [0.29, 0.717) is 16.3 Å². The van der Waals surface area contributed by atoms with Gasteiger partial charge in [-0.2, -0.15) is 0 Å². The molecule has 5 nitrogen and oxygen atoms in total. The van der Waals surface area contributed by atoms with Crippen molar-refractivity contribution in [3.8, 4) is 10.6 Å². The Morgan fingerprint density at radius 1 is 1.30 bits per heavy atom. The Labute approximate surface area is 120 Å². The van der Waals surface area contributed by atoms with Crippen LogP contribution in [-0.2, 0) is 15.6 Å². The van der Waals surface area contributed by atoms with Crippen LogP contribution in [0.3, 0.4) is 0 Å². The topological polar surface area (TPSA) is 84.3 Å². The fourth-order valence-corrected chi connectivity index (χ4v) is 3.47. The number of carboxylic acids is 1. The monoisotopic (exact) mass is 311 g/mol. The lowest BCUT2D eigenvalue weighted by molar-refractivity contribution is 0.0701. The van der Waals surface area contributed by atoms with Gasteiger partial charge in [0.05, 0.1) is 11.4 Å². The average molecular weight is 311 g/mol. The summed E-state index contributed by atoms with van der Waals surface area (Å²) in [6, 6.07) is 6.94. The first-order chi connectivity index (χ1) is 9.26. The number of nitrogens with zero attached hydrogens (tertiary/aromatic N) is 1. The molecule has 0 amide bonds. The lowest BCUT2D eigenvalue weighted by Gasteiger charge is -2.01. The Kier molecular flexibility index (Phi) is 3.92. The fraction of sp³-hybridized carbons (Fsp3) is 0.231. The van der Waals surface area contributed by atoms with Gasteiger partial charge in [0, 0.05) is 11.8 Å². The second kappa shape index (κ2) is 5.34. The molecule has 1 heterocycles. The van der Waals surface area contributed by atoms with Crippen molar-refractivity contribution in [3.05, 3.63) is 40.4 Å². The molecule has 0 radical (unpaired) electrons. The Hall–Kier alpha value is -1.73. The zero-order valence-electron chi connectivity index (χ0n) is 11.0. The number of aryl methyl sites for hydroxylation is 1. The molecule has 1 N–H and O–H groups in total. The van der Waals surface area contributed by atoms with Crippen LogP contribution in [0, 0.1) is 6.92 Å². The number of rotatable bonds is 4. The molecule has 7 heteroatoms. The highest BCUT2D eigenvalue weighted by Crippen LogP contribution is 2.28. The van der Waals surface area contributed by atoms with E-state index in [1.54, 1.807) is 31.2 Å². The van der Waals surface area contributed by atoms with Crippen LogP contribution >= 0.6 is 11.3 Å². The minimum absolute atomic E-state index is 0.00937. The summed E-state index contributed by atoms with van der Waals surface area (Å²) in [4.78, 5) is 15.4. The van der Waals surface area contributed by atoms with Gasteiger partial charge in [0.2, 0.25) is 0 Å². The molecular formula is C13H13NO4S2. The van der Waals surface area contributed by atoms with Gasteiger partial charge in [0.1, 0.15) is 9.88 Å². The number of carboxylic acid groups (broad SMARTS) is 1. The van der Waals surface area contributed by atoms with Crippen LogP contribution in [0.1, 0.15) is 20.9 Å². The summed E-state index contributed by atoms with van der Waals surface area (Å²) in [5, 5.41) is 9.62. The first-order valence-corrected chi connectivity index (χ1v) is 8.62. The molecule has 0 unspecified atom stereocenters. The van der Waals surface area contributed by atoms with Gasteiger partial charge in [-0.3, -0.25) is 0 Å². The number of carbonyl (C=O) groups is 1. The van der Waals surface area contributed by atoms with Crippen molar-refractivity contribution in [1.82, 2.24) is 4.98 Å². The number of hydrogen-bond acceptors (Lipinski definition) is 5. The Balaban J connectivity index is 2.30. The number of thiazole rings is 1. The van der Waals surface area contributed by atoms with Crippen molar-refractivity contribution in [1.29, 1.82) is 0 Å². The average Bonchev–Trinajstić information content (AvgIpc) is 2.70. The molecule has 0 atom stereocenters. The summed E-state index contributed by atoms with van der Waals surface area (Å²) in [6.45, 7) is 1.65. The van der Waals surface area contributed by atoms with E-state index in [4.69, 9.17) is 5.11 Å². The second-order valence-electron chi connectivity index (χ2n) is 4.51. The van der Waals surface area contributed by atoms with Crippen LogP contribution in [0.15, 0.2) is 24.3 Å². The van der Waals surface area contributed by atoms with Crippen LogP contribution in [0.2, 0.25) is 0 Å². The maximum Gasteiger partial charge on any atom is 0.347 e. The fourth-order valence-electron chi connectivity index (χ4n) is 1.76. The number of aromatic nitrogens is 1. The van der Waals surface area contributed by atoms with E-state index in [2.05, 4.69) is 4.98 Å². The second-order valence-corrected chi connectivity index (χ2v) is 7.64. The predicted molar refractivity (Wildman–Crippen MR) is 77.8 cm³/mol. The summed E-state index contributed by atoms with van der Waals surface area (Å²) in [5.74, 6) is -0.996. The van der Waals surface area contributed by atoms with Crippen molar-refractivity contribution in [2.24, 2.45) is 0 Å². The molecular weight excluding hydrogens is 298 g/mol. The minimum Gasteiger partial charge on any atom is -0.477 e. The molecule has 0 saturated carbocycles. The molecule has 0 fully saturated rings. The Morgan fingerprint density at radius 2 is 1.90 bits per heavy atom. The highest BCUT2D eigenvalue weighted by molar-refractivity contribution is 7.89. The molecule has 0 aliphatic rings. The molecule has 20 heavy (non-hydrogen) atoms. The number of aromatic carboxylic acids is 1. The van der Waals surface area contributed by atoms with Crippen molar-refractivity contribution < 1.29 is 18.3 Å². The van der Waals surface area contributed by atoms with Crippen molar-refractivity contribution in [2.45, 2.75) is 12.7 Å². The van der Waals surface area contributed by atoms with Crippen molar-refractivity contribution in [3.63, 3.8) is 0 Å². The van der Waals surface area contributed by atoms with Gasteiger partial charge in [-0.1, -0.05) is 24.3 Å². The quantitative estimate of drug-likeness (QED) is 0.937. The van der Waals surface area contributed by atoms with E-state index in [9.17, 15) is 13.2 Å². The molecule has 0 spiro atoms. The van der Waals surface area contributed by atoms with Gasteiger partial charge in [-0.05, 0) is 12.5 Å². The van der Waals surface area contributed by atoms with Crippen LogP contribution < -0.4 is 0 Å². The first-order valence-electron chi connectivity index (χ1n) is 5.74. The van der Waals surface area contributed by atoms with Crippen LogP contribution in [0.5, 0.6) is 0 Å². The molecule has 1 aromatic heterocycles. The van der Waals surface area contributed by atoms with Crippen LogP contribution in [0.4, 0.5) is 0 Å². The highest BCUT2D eigenvalue weighted by Gasteiger charge is 2.15. The van der Waals surface area contributed by atoms with Gasteiger partial charge in [0.25, 0.3) is 0 Å². The molecule has 2 rings (SSSR count). The zero-order valence-corrected chi connectivity index (χ0v) is 12.6. The zero-order chi connectivity index (χ0) is 14.9. The lowest BCUT2D eigenvalue weighted by Crippen LogP contribution is -2.00. The number of hydrogen-bond donors (Lipinski definition) is 1. The maximum atomic E-state index is 11.2. The molecule has 0 saturated heterocycles. The molecule has 0 aliphatic carbocycles. The Morgan fingerprint density at radius 3 is 2.35 bits per heavy atom.